The van der Waals surface area contributed by atoms with Crippen LogP contribution in [-0.2, 0) is 17.5 Å². The third kappa shape index (κ3) is 5.00. The van der Waals surface area contributed by atoms with Crippen molar-refractivity contribution in [1.29, 1.82) is 0 Å². The van der Waals surface area contributed by atoms with Crippen molar-refractivity contribution in [2.24, 2.45) is 0 Å². The summed E-state index contributed by atoms with van der Waals surface area (Å²) in [5.41, 5.74) is -1.11. The highest BCUT2D eigenvalue weighted by Gasteiger charge is 2.34. The van der Waals surface area contributed by atoms with E-state index in [4.69, 9.17) is 5.11 Å². The van der Waals surface area contributed by atoms with E-state index in [0.717, 1.165) is 12.1 Å². The Kier molecular flexibility index (Phi) is 5.71. The average molecular weight is 307 g/mol. The van der Waals surface area contributed by atoms with Gasteiger partial charge in [-0.2, -0.15) is 13.2 Å². The van der Waals surface area contributed by atoms with Gasteiger partial charge in [0.05, 0.1) is 12.1 Å². The third-order valence-corrected chi connectivity index (χ3v) is 3.27. The molecule has 0 aliphatic carbocycles. The maximum atomic E-state index is 13.2. The first-order valence-electron chi connectivity index (χ1n) is 6.46. The normalized spacial score (nSPS) is 13.5. The summed E-state index contributed by atoms with van der Waals surface area (Å²) in [7, 11) is 0. The number of aliphatic carboxylic acids is 1. The lowest BCUT2D eigenvalue weighted by atomic mass is 10.1. The second kappa shape index (κ2) is 6.89. The van der Waals surface area contributed by atoms with Crippen molar-refractivity contribution in [1.82, 2.24) is 4.90 Å². The van der Waals surface area contributed by atoms with Crippen LogP contribution in [0.1, 0.15) is 31.4 Å². The molecule has 0 aromatic heterocycles. The van der Waals surface area contributed by atoms with Crippen molar-refractivity contribution in [2.45, 2.75) is 39.0 Å². The number of carboxylic acid groups (broad SMARTS) is 1. The zero-order valence-electron chi connectivity index (χ0n) is 11.7. The lowest BCUT2D eigenvalue weighted by Gasteiger charge is -2.27. The molecule has 0 radical (unpaired) electrons. The topological polar surface area (TPSA) is 40.5 Å². The molecule has 21 heavy (non-hydrogen) atoms. The Morgan fingerprint density at radius 2 is 2.00 bits per heavy atom. The van der Waals surface area contributed by atoms with E-state index in [0.29, 0.717) is 6.42 Å². The molecular weight excluding hydrogens is 290 g/mol. The summed E-state index contributed by atoms with van der Waals surface area (Å²) in [5, 5.41) is 8.85. The van der Waals surface area contributed by atoms with Crippen LogP contribution < -0.4 is 0 Å². The predicted octanol–water partition coefficient (Wildman–Crippen LogP) is 3.53. The Balaban J connectivity index is 3.01. The first kappa shape index (κ1) is 17.4. The van der Waals surface area contributed by atoms with Gasteiger partial charge in [0, 0.05) is 12.6 Å². The van der Waals surface area contributed by atoms with Gasteiger partial charge >= 0.3 is 12.1 Å². The second-order valence-electron chi connectivity index (χ2n) is 4.87. The Morgan fingerprint density at radius 3 is 2.48 bits per heavy atom. The first-order valence-corrected chi connectivity index (χ1v) is 6.46. The molecule has 0 saturated heterocycles. The van der Waals surface area contributed by atoms with Gasteiger partial charge in [-0.3, -0.25) is 9.69 Å². The lowest BCUT2D eigenvalue weighted by Crippen LogP contribution is -2.36. The summed E-state index contributed by atoms with van der Waals surface area (Å²) >= 11 is 0. The summed E-state index contributed by atoms with van der Waals surface area (Å²) < 4.78 is 51.2. The van der Waals surface area contributed by atoms with E-state index in [-0.39, 0.29) is 24.7 Å². The van der Waals surface area contributed by atoms with Crippen LogP contribution >= 0.6 is 0 Å². The molecule has 118 valence electrons. The molecule has 1 atom stereocenters. The smallest absolute Gasteiger partial charge is 0.419 e. The van der Waals surface area contributed by atoms with E-state index in [1.807, 2.05) is 6.92 Å². The van der Waals surface area contributed by atoms with Gasteiger partial charge in [-0.25, -0.2) is 4.39 Å². The maximum absolute atomic E-state index is 13.2. The fourth-order valence-corrected chi connectivity index (χ4v) is 1.92. The van der Waals surface area contributed by atoms with E-state index in [1.54, 1.807) is 6.92 Å². The second-order valence-corrected chi connectivity index (χ2v) is 4.87. The molecule has 0 fully saturated rings. The number of hydrogen-bond donors (Lipinski definition) is 1. The Hall–Kier alpha value is -1.63. The van der Waals surface area contributed by atoms with Crippen LogP contribution in [0, 0.1) is 5.82 Å². The molecule has 1 rings (SSSR count). The van der Waals surface area contributed by atoms with Gasteiger partial charge in [0.1, 0.15) is 5.82 Å². The number of carboxylic acids is 1. The number of halogens is 4. The van der Waals surface area contributed by atoms with Gasteiger partial charge in [-0.1, -0.05) is 13.0 Å². The van der Waals surface area contributed by atoms with Crippen molar-refractivity contribution < 1.29 is 27.5 Å². The standard InChI is InChI=1S/C14H17F4NO2/c1-3-9(2)19(8-13(20)21)7-10-4-5-12(15)11(6-10)14(16,17)18/h4-6,9H,3,7-8H2,1-2H3,(H,20,21). The first-order chi connectivity index (χ1) is 9.65. The van der Waals surface area contributed by atoms with Gasteiger partial charge in [0.15, 0.2) is 0 Å². The Morgan fingerprint density at radius 1 is 1.38 bits per heavy atom. The zero-order chi connectivity index (χ0) is 16.2. The summed E-state index contributed by atoms with van der Waals surface area (Å²) in [4.78, 5) is 12.4. The lowest BCUT2D eigenvalue weighted by molar-refractivity contribution is -0.141. The van der Waals surface area contributed by atoms with Crippen LogP contribution in [0.4, 0.5) is 17.6 Å². The van der Waals surface area contributed by atoms with Crippen LogP contribution in [0.5, 0.6) is 0 Å². The summed E-state index contributed by atoms with van der Waals surface area (Å²) in [5.74, 6) is -2.40. The zero-order valence-corrected chi connectivity index (χ0v) is 11.7. The molecule has 3 nitrogen and oxygen atoms in total. The highest BCUT2D eigenvalue weighted by atomic mass is 19.4. The number of carbonyl (C=O) groups is 1. The molecule has 0 heterocycles. The summed E-state index contributed by atoms with van der Waals surface area (Å²) in [6.07, 6.45) is -4.12. The fourth-order valence-electron chi connectivity index (χ4n) is 1.92. The average Bonchev–Trinajstić information content (AvgIpc) is 2.37. The maximum Gasteiger partial charge on any atom is 0.419 e. The Labute approximate surface area is 120 Å². The molecule has 0 amide bonds. The van der Waals surface area contributed by atoms with E-state index in [1.165, 1.54) is 11.0 Å². The minimum Gasteiger partial charge on any atom is -0.480 e. The van der Waals surface area contributed by atoms with Crippen molar-refractivity contribution in [3.05, 3.63) is 35.1 Å². The quantitative estimate of drug-likeness (QED) is 0.817. The predicted molar refractivity (Wildman–Crippen MR) is 69.2 cm³/mol. The molecule has 0 aliphatic heterocycles. The van der Waals surface area contributed by atoms with E-state index >= 15 is 0 Å². The molecular formula is C14H17F4NO2. The minimum atomic E-state index is -4.77. The highest BCUT2D eigenvalue weighted by Crippen LogP contribution is 2.32. The van der Waals surface area contributed by atoms with Crippen molar-refractivity contribution in [3.8, 4) is 0 Å². The number of rotatable bonds is 6. The molecule has 1 aromatic rings. The van der Waals surface area contributed by atoms with E-state index in [9.17, 15) is 22.4 Å². The summed E-state index contributed by atoms with van der Waals surface area (Å²) in [6.45, 7) is 3.38. The van der Waals surface area contributed by atoms with Crippen LogP contribution in [0.15, 0.2) is 18.2 Å². The van der Waals surface area contributed by atoms with Crippen LogP contribution in [-0.4, -0.2) is 28.6 Å². The van der Waals surface area contributed by atoms with Gasteiger partial charge in [-0.15, -0.1) is 0 Å². The van der Waals surface area contributed by atoms with Gasteiger partial charge in [0.2, 0.25) is 0 Å². The molecule has 7 heteroatoms. The van der Waals surface area contributed by atoms with E-state index in [2.05, 4.69) is 0 Å². The number of hydrogen-bond acceptors (Lipinski definition) is 2. The molecule has 1 unspecified atom stereocenters. The largest absolute Gasteiger partial charge is 0.480 e. The van der Waals surface area contributed by atoms with Crippen molar-refractivity contribution in [2.75, 3.05) is 6.54 Å². The van der Waals surface area contributed by atoms with Crippen molar-refractivity contribution in [3.63, 3.8) is 0 Å². The SMILES string of the molecule is CCC(C)N(CC(=O)O)Cc1ccc(F)c(C(F)(F)F)c1. The van der Waals surface area contributed by atoms with Crippen LogP contribution in [0.2, 0.25) is 0 Å². The molecule has 0 aliphatic rings. The fraction of sp³-hybridized carbons (Fsp3) is 0.500. The van der Waals surface area contributed by atoms with Gasteiger partial charge < -0.3 is 5.11 Å². The Bertz CT molecular complexity index is 502. The number of alkyl halides is 3. The van der Waals surface area contributed by atoms with Crippen LogP contribution in [0.3, 0.4) is 0 Å². The molecule has 1 N–H and O–H groups in total. The third-order valence-electron chi connectivity index (χ3n) is 3.27. The minimum absolute atomic E-state index is 0.0185. The molecule has 0 bridgehead atoms. The molecule has 1 aromatic carbocycles. The van der Waals surface area contributed by atoms with Crippen molar-refractivity contribution >= 4 is 5.97 Å². The number of benzene rings is 1. The number of nitrogens with zero attached hydrogens (tertiary/aromatic N) is 1. The van der Waals surface area contributed by atoms with Gasteiger partial charge in [-0.05, 0) is 31.0 Å². The van der Waals surface area contributed by atoms with Crippen LogP contribution in [0.25, 0.3) is 0 Å². The monoisotopic (exact) mass is 307 g/mol. The highest BCUT2D eigenvalue weighted by molar-refractivity contribution is 5.69. The molecule has 0 spiro atoms. The molecule has 0 saturated carbocycles. The summed E-state index contributed by atoms with van der Waals surface area (Å²) in [6, 6.07) is 2.61. The van der Waals surface area contributed by atoms with Gasteiger partial charge in [0.25, 0.3) is 0 Å². The van der Waals surface area contributed by atoms with E-state index < -0.39 is 23.5 Å².